The van der Waals surface area contributed by atoms with E-state index < -0.39 is 0 Å². The van der Waals surface area contributed by atoms with Gasteiger partial charge >= 0.3 is 0 Å². The largest absolute Gasteiger partial charge is 0.351 e. The molecule has 0 aliphatic heterocycles. The van der Waals surface area contributed by atoms with Crippen LogP contribution in [0.25, 0.3) is 11.2 Å². The second kappa shape index (κ2) is 13.0. The average Bonchev–Trinajstić information content (AvgIpc) is 3.43. The normalized spacial score (nSPS) is 16.7. The van der Waals surface area contributed by atoms with Gasteiger partial charge in [-0.3, -0.25) is 9.59 Å². The van der Waals surface area contributed by atoms with E-state index in [1.165, 1.54) is 6.08 Å². The number of fused-ring (bicyclic) bond motifs is 1. The van der Waals surface area contributed by atoms with E-state index in [0.29, 0.717) is 46.3 Å². The van der Waals surface area contributed by atoms with Gasteiger partial charge in [0, 0.05) is 40.8 Å². The van der Waals surface area contributed by atoms with Gasteiger partial charge in [-0.05, 0) is 102 Å². The number of rotatable bonds is 10. The third kappa shape index (κ3) is 7.18. The van der Waals surface area contributed by atoms with Gasteiger partial charge in [-0.15, -0.1) is 0 Å². The number of imidazole rings is 1. The number of nitrogens with one attached hydrogen (secondary N) is 4. The minimum atomic E-state index is -0.312. The van der Waals surface area contributed by atoms with Crippen LogP contribution in [0.15, 0.2) is 67.5 Å². The fourth-order valence-corrected chi connectivity index (χ4v) is 5.28. The molecular formula is C32H39N9O2. The minimum Gasteiger partial charge on any atom is -0.351 e. The van der Waals surface area contributed by atoms with Crippen molar-refractivity contribution in [2.24, 2.45) is 0 Å². The predicted molar refractivity (Wildman–Crippen MR) is 172 cm³/mol. The first-order valence-electron chi connectivity index (χ1n) is 14.6. The van der Waals surface area contributed by atoms with Gasteiger partial charge in [0.05, 0.1) is 6.33 Å². The van der Waals surface area contributed by atoms with Crippen LogP contribution in [0.4, 0.5) is 28.8 Å². The summed E-state index contributed by atoms with van der Waals surface area (Å²) in [6, 6.07) is 15.2. The smallest absolute Gasteiger partial charge is 0.255 e. The van der Waals surface area contributed by atoms with Crippen molar-refractivity contribution in [1.82, 2.24) is 24.4 Å². The molecule has 0 bridgehead atoms. The number of anilines is 5. The van der Waals surface area contributed by atoms with Gasteiger partial charge in [0.2, 0.25) is 11.9 Å². The molecular weight excluding hydrogens is 542 g/mol. The molecule has 5 rings (SSSR count). The molecule has 1 fully saturated rings. The van der Waals surface area contributed by atoms with Crippen LogP contribution in [-0.4, -0.2) is 62.4 Å². The zero-order chi connectivity index (χ0) is 30.5. The molecule has 2 amide bonds. The van der Waals surface area contributed by atoms with Crippen LogP contribution in [0.5, 0.6) is 0 Å². The molecule has 2 heterocycles. The Morgan fingerprint density at radius 1 is 0.977 bits per heavy atom. The van der Waals surface area contributed by atoms with Gasteiger partial charge in [-0.2, -0.15) is 9.97 Å². The van der Waals surface area contributed by atoms with Crippen molar-refractivity contribution < 1.29 is 9.59 Å². The molecule has 43 heavy (non-hydrogen) atoms. The second-order valence-electron chi connectivity index (χ2n) is 11.4. The Balaban J connectivity index is 1.33. The summed E-state index contributed by atoms with van der Waals surface area (Å²) in [5, 5.41) is 12.6. The summed E-state index contributed by atoms with van der Waals surface area (Å²) in [7, 11) is 4.29. The third-order valence-electron chi connectivity index (χ3n) is 7.72. The Labute approximate surface area is 251 Å². The third-order valence-corrected chi connectivity index (χ3v) is 7.72. The van der Waals surface area contributed by atoms with E-state index in [1.54, 1.807) is 30.6 Å². The number of nitrogens with zero attached hydrogens (tertiary/aromatic N) is 5. The molecule has 0 spiro atoms. The maximum absolute atomic E-state index is 12.9. The number of benzene rings is 2. The predicted octanol–water partition coefficient (Wildman–Crippen LogP) is 5.81. The lowest BCUT2D eigenvalue weighted by Gasteiger charge is -2.33. The Hall–Kier alpha value is -4.77. The van der Waals surface area contributed by atoms with Crippen molar-refractivity contribution in [3.05, 3.63) is 73.1 Å². The molecule has 11 nitrogen and oxygen atoms in total. The highest BCUT2D eigenvalue weighted by molar-refractivity contribution is 6.05. The van der Waals surface area contributed by atoms with E-state index in [1.807, 2.05) is 28.8 Å². The van der Waals surface area contributed by atoms with Crippen molar-refractivity contribution in [3.8, 4) is 0 Å². The molecule has 4 N–H and O–H groups in total. The van der Waals surface area contributed by atoms with Crippen molar-refractivity contribution in [2.45, 2.75) is 57.7 Å². The highest BCUT2D eigenvalue weighted by Gasteiger charge is 2.24. The maximum Gasteiger partial charge on any atom is 0.255 e. The van der Waals surface area contributed by atoms with Crippen LogP contribution in [0.2, 0.25) is 0 Å². The monoisotopic (exact) mass is 581 g/mol. The summed E-state index contributed by atoms with van der Waals surface area (Å²) < 4.78 is 2.04. The standard InChI is InChI=1S/C32H39N9O2/c1-6-27(42)34-22-12-10-21(11-13-22)31(43)36-25-9-7-8-24(18-25)35-29-28-30(41(19-33-28)20(2)3)39-32(38-29)37-23-14-16-26(17-15-23)40(4)5/h6-13,18-20,23,26H,1,14-17H2,2-5H3,(H,34,42)(H,36,43)(H2,35,37,38,39). The molecule has 224 valence electrons. The molecule has 0 atom stereocenters. The molecule has 0 saturated heterocycles. The zero-order valence-corrected chi connectivity index (χ0v) is 25.1. The minimum absolute atomic E-state index is 0.182. The Bertz CT molecular complexity index is 1600. The summed E-state index contributed by atoms with van der Waals surface area (Å²) in [5.41, 5.74) is 3.84. The number of hydrogen-bond acceptors (Lipinski definition) is 8. The highest BCUT2D eigenvalue weighted by atomic mass is 16.2. The van der Waals surface area contributed by atoms with Crippen molar-refractivity contribution in [3.63, 3.8) is 0 Å². The van der Waals surface area contributed by atoms with E-state index in [9.17, 15) is 9.59 Å². The molecule has 4 aromatic rings. The molecule has 2 aromatic heterocycles. The first-order valence-corrected chi connectivity index (χ1v) is 14.6. The number of carbonyl (C=O) groups excluding carboxylic acids is 2. The first-order chi connectivity index (χ1) is 20.7. The lowest BCUT2D eigenvalue weighted by atomic mass is 9.91. The second-order valence-corrected chi connectivity index (χ2v) is 11.4. The lowest BCUT2D eigenvalue weighted by Crippen LogP contribution is -2.36. The number of amides is 2. The number of carbonyl (C=O) groups is 2. The van der Waals surface area contributed by atoms with Crippen LogP contribution >= 0.6 is 0 Å². The topological polar surface area (TPSA) is 129 Å². The molecule has 0 radical (unpaired) electrons. The number of hydrogen-bond donors (Lipinski definition) is 4. The Morgan fingerprint density at radius 2 is 1.70 bits per heavy atom. The zero-order valence-electron chi connectivity index (χ0n) is 25.1. The molecule has 2 aromatic carbocycles. The summed E-state index contributed by atoms with van der Waals surface area (Å²) in [4.78, 5) is 41.1. The van der Waals surface area contributed by atoms with Gasteiger partial charge in [-0.1, -0.05) is 12.6 Å². The Kier molecular flexibility index (Phi) is 9.01. The van der Waals surface area contributed by atoms with Crippen molar-refractivity contribution in [2.75, 3.05) is 35.4 Å². The van der Waals surface area contributed by atoms with Gasteiger partial charge in [0.1, 0.15) is 0 Å². The fourth-order valence-electron chi connectivity index (χ4n) is 5.28. The molecule has 1 saturated carbocycles. The van der Waals surface area contributed by atoms with E-state index in [2.05, 4.69) is 65.7 Å². The molecule has 1 aliphatic carbocycles. The summed E-state index contributed by atoms with van der Waals surface area (Å²) in [5.74, 6) is 0.584. The van der Waals surface area contributed by atoms with Gasteiger partial charge < -0.3 is 30.7 Å². The van der Waals surface area contributed by atoms with Crippen LogP contribution in [0.3, 0.4) is 0 Å². The summed E-state index contributed by atoms with van der Waals surface area (Å²) >= 11 is 0. The molecule has 1 aliphatic rings. The van der Waals surface area contributed by atoms with Crippen LogP contribution < -0.4 is 21.3 Å². The Morgan fingerprint density at radius 3 is 2.37 bits per heavy atom. The molecule has 11 heteroatoms. The van der Waals surface area contributed by atoms with Gasteiger partial charge in [0.25, 0.3) is 5.91 Å². The van der Waals surface area contributed by atoms with Crippen molar-refractivity contribution in [1.29, 1.82) is 0 Å². The van der Waals surface area contributed by atoms with Gasteiger partial charge in [-0.25, -0.2) is 4.98 Å². The van der Waals surface area contributed by atoms with Crippen LogP contribution in [0.1, 0.15) is 55.9 Å². The lowest BCUT2D eigenvalue weighted by molar-refractivity contribution is -0.111. The maximum atomic E-state index is 12.9. The summed E-state index contributed by atoms with van der Waals surface area (Å²) in [6.07, 6.45) is 7.38. The first kappa shape index (κ1) is 29.7. The van der Waals surface area contributed by atoms with E-state index in [4.69, 9.17) is 9.97 Å². The summed E-state index contributed by atoms with van der Waals surface area (Å²) in [6.45, 7) is 7.64. The number of aromatic nitrogens is 4. The molecule has 0 unspecified atom stereocenters. The average molecular weight is 582 g/mol. The quantitative estimate of drug-likeness (QED) is 0.173. The van der Waals surface area contributed by atoms with E-state index >= 15 is 0 Å². The van der Waals surface area contributed by atoms with Crippen LogP contribution in [-0.2, 0) is 4.79 Å². The van der Waals surface area contributed by atoms with E-state index in [0.717, 1.165) is 37.0 Å². The van der Waals surface area contributed by atoms with Gasteiger partial charge in [0.15, 0.2) is 17.0 Å². The fraction of sp³-hybridized carbons (Fsp3) is 0.344. The van der Waals surface area contributed by atoms with Crippen molar-refractivity contribution >= 4 is 51.8 Å². The van der Waals surface area contributed by atoms with Crippen LogP contribution in [0, 0.1) is 0 Å². The SMILES string of the molecule is C=CC(=O)Nc1ccc(C(=O)Nc2cccc(Nc3nc(NC4CCC(N(C)C)CC4)nc4c3ncn4C(C)C)c2)cc1. The highest BCUT2D eigenvalue weighted by Crippen LogP contribution is 2.29. The van der Waals surface area contributed by atoms with E-state index in [-0.39, 0.29) is 17.9 Å².